The van der Waals surface area contributed by atoms with Crippen molar-refractivity contribution in [1.29, 1.82) is 0 Å². The summed E-state index contributed by atoms with van der Waals surface area (Å²) in [4.78, 5) is 26.3. The van der Waals surface area contributed by atoms with Gasteiger partial charge >= 0.3 is 5.63 Å². The van der Waals surface area contributed by atoms with Gasteiger partial charge in [-0.2, -0.15) is 0 Å². The Balaban J connectivity index is 1.51. The molecule has 0 aliphatic rings. The minimum absolute atomic E-state index is 0.0122. The molecular formula is C30H21BrO4. The van der Waals surface area contributed by atoms with E-state index >= 15 is 0 Å². The first kappa shape index (κ1) is 22.8. The van der Waals surface area contributed by atoms with E-state index in [0.717, 1.165) is 21.2 Å². The number of Topliss-reactive ketones (excluding diaryl/α,β-unsaturated/α-hetero) is 1. The summed E-state index contributed by atoms with van der Waals surface area (Å²) in [6, 6.07) is 31.5. The number of hydrogen-bond acceptors (Lipinski definition) is 4. The predicted octanol–water partition coefficient (Wildman–Crippen LogP) is 7.33. The summed E-state index contributed by atoms with van der Waals surface area (Å²) in [6.45, 7) is 0. The maximum absolute atomic E-state index is 13.4. The fraction of sp³-hybridized carbons (Fsp3) is 0.0667. The lowest BCUT2D eigenvalue weighted by Crippen LogP contribution is -2.17. The molecule has 0 aliphatic carbocycles. The van der Waals surface area contributed by atoms with Crippen molar-refractivity contribution in [2.24, 2.45) is 0 Å². The molecule has 0 aliphatic heterocycles. The number of carbonyl (C=O) groups excluding carboxylic acids is 1. The van der Waals surface area contributed by atoms with Crippen molar-refractivity contribution in [2.75, 3.05) is 0 Å². The van der Waals surface area contributed by atoms with Crippen LogP contribution < -0.4 is 5.63 Å². The predicted molar refractivity (Wildman–Crippen MR) is 141 cm³/mol. The molecular weight excluding hydrogens is 504 g/mol. The molecule has 4 nitrogen and oxygen atoms in total. The van der Waals surface area contributed by atoms with E-state index in [1.54, 1.807) is 36.4 Å². The molecule has 5 aromatic rings. The van der Waals surface area contributed by atoms with E-state index in [4.69, 9.17) is 4.42 Å². The SMILES string of the molecule is O=C(C[C@H](c1ccccc1)c1c(O)c2ccccc2oc1=O)c1ccc(-c2ccc(Br)cc2)cc1. The van der Waals surface area contributed by atoms with Crippen LogP contribution in [0.1, 0.15) is 33.8 Å². The second-order valence-electron chi connectivity index (χ2n) is 8.32. The lowest BCUT2D eigenvalue weighted by atomic mass is 9.85. The van der Waals surface area contributed by atoms with Gasteiger partial charge in [0.1, 0.15) is 11.3 Å². The van der Waals surface area contributed by atoms with Crippen LogP contribution in [0.3, 0.4) is 0 Å². The molecule has 0 bridgehead atoms. The molecule has 4 aromatic carbocycles. The Kier molecular flexibility index (Phi) is 6.34. The van der Waals surface area contributed by atoms with E-state index in [-0.39, 0.29) is 23.5 Å². The molecule has 1 N–H and O–H groups in total. The third kappa shape index (κ3) is 4.68. The van der Waals surface area contributed by atoms with Gasteiger partial charge in [0, 0.05) is 22.4 Å². The number of aromatic hydroxyl groups is 1. The molecule has 0 fully saturated rings. The van der Waals surface area contributed by atoms with Crippen LogP contribution in [0.15, 0.2) is 117 Å². The number of fused-ring (bicyclic) bond motifs is 1. The van der Waals surface area contributed by atoms with Crippen molar-refractivity contribution in [3.05, 3.63) is 135 Å². The number of hydrogen-bond donors (Lipinski definition) is 1. The summed E-state index contributed by atoms with van der Waals surface area (Å²) in [5.74, 6) is -0.937. The summed E-state index contributed by atoms with van der Waals surface area (Å²) in [5, 5.41) is 11.5. The molecule has 1 atom stereocenters. The zero-order valence-electron chi connectivity index (χ0n) is 18.6. The summed E-state index contributed by atoms with van der Waals surface area (Å²) < 4.78 is 6.51. The number of para-hydroxylation sites is 1. The largest absolute Gasteiger partial charge is 0.507 e. The van der Waals surface area contributed by atoms with Gasteiger partial charge in [-0.3, -0.25) is 4.79 Å². The number of benzene rings is 4. The van der Waals surface area contributed by atoms with Gasteiger partial charge in [-0.05, 0) is 41.0 Å². The first-order chi connectivity index (χ1) is 17.0. The van der Waals surface area contributed by atoms with Crippen molar-refractivity contribution in [3.63, 3.8) is 0 Å². The molecule has 0 spiro atoms. The minimum Gasteiger partial charge on any atom is -0.507 e. The van der Waals surface area contributed by atoms with Crippen LogP contribution in [0.5, 0.6) is 5.75 Å². The maximum atomic E-state index is 13.4. The molecule has 35 heavy (non-hydrogen) atoms. The monoisotopic (exact) mass is 524 g/mol. The third-order valence-corrected chi connectivity index (χ3v) is 6.67. The second-order valence-corrected chi connectivity index (χ2v) is 9.24. The lowest BCUT2D eigenvalue weighted by molar-refractivity contribution is 0.0977. The van der Waals surface area contributed by atoms with Crippen LogP contribution in [0.25, 0.3) is 22.1 Å². The van der Waals surface area contributed by atoms with Gasteiger partial charge in [-0.15, -0.1) is 0 Å². The van der Waals surface area contributed by atoms with Gasteiger partial charge in [-0.1, -0.05) is 94.8 Å². The van der Waals surface area contributed by atoms with Crippen LogP contribution >= 0.6 is 15.9 Å². The highest BCUT2D eigenvalue weighted by molar-refractivity contribution is 9.10. The fourth-order valence-electron chi connectivity index (χ4n) is 4.32. The van der Waals surface area contributed by atoms with Crippen LogP contribution in [-0.4, -0.2) is 10.9 Å². The highest BCUT2D eigenvalue weighted by atomic mass is 79.9. The van der Waals surface area contributed by atoms with Gasteiger partial charge in [0.05, 0.1) is 10.9 Å². The molecule has 0 saturated heterocycles. The standard InChI is InChI=1S/C30H21BrO4/c31-23-16-14-20(15-17-23)19-10-12-22(13-11-19)26(32)18-25(21-6-2-1-3-7-21)28-29(33)24-8-4-5-9-27(24)35-30(28)34/h1-17,25,33H,18H2/t25-/m1/s1. The molecule has 1 heterocycles. The summed E-state index contributed by atoms with van der Waals surface area (Å²) in [7, 11) is 0. The van der Waals surface area contributed by atoms with E-state index in [1.807, 2.05) is 66.7 Å². The Morgan fingerprint density at radius 3 is 2.09 bits per heavy atom. The average molecular weight is 525 g/mol. The topological polar surface area (TPSA) is 67.5 Å². The smallest absolute Gasteiger partial charge is 0.343 e. The summed E-state index contributed by atoms with van der Waals surface area (Å²) in [5.41, 5.74) is 3.10. The second kappa shape index (κ2) is 9.72. The molecule has 1 aromatic heterocycles. The highest BCUT2D eigenvalue weighted by Gasteiger charge is 2.27. The van der Waals surface area contributed by atoms with Crippen LogP contribution in [-0.2, 0) is 0 Å². The van der Waals surface area contributed by atoms with Crippen LogP contribution in [0.2, 0.25) is 0 Å². The Morgan fingerprint density at radius 1 is 0.800 bits per heavy atom. The van der Waals surface area contributed by atoms with Crippen molar-refractivity contribution >= 4 is 32.7 Å². The van der Waals surface area contributed by atoms with E-state index in [1.165, 1.54) is 0 Å². The van der Waals surface area contributed by atoms with E-state index in [0.29, 0.717) is 16.5 Å². The van der Waals surface area contributed by atoms with E-state index in [2.05, 4.69) is 15.9 Å². The van der Waals surface area contributed by atoms with E-state index < -0.39 is 11.5 Å². The number of ketones is 1. The van der Waals surface area contributed by atoms with E-state index in [9.17, 15) is 14.7 Å². The third-order valence-electron chi connectivity index (χ3n) is 6.14. The average Bonchev–Trinajstić information content (AvgIpc) is 2.89. The van der Waals surface area contributed by atoms with Crippen LogP contribution in [0.4, 0.5) is 0 Å². The number of rotatable bonds is 6. The lowest BCUT2D eigenvalue weighted by Gasteiger charge is -2.18. The molecule has 0 radical (unpaired) electrons. The highest BCUT2D eigenvalue weighted by Crippen LogP contribution is 2.36. The number of halogens is 1. The van der Waals surface area contributed by atoms with Gasteiger partial charge in [0.15, 0.2) is 5.78 Å². The van der Waals surface area contributed by atoms with Gasteiger partial charge in [-0.25, -0.2) is 4.79 Å². The maximum Gasteiger partial charge on any atom is 0.343 e. The van der Waals surface area contributed by atoms with Crippen molar-refractivity contribution in [2.45, 2.75) is 12.3 Å². The van der Waals surface area contributed by atoms with Crippen LogP contribution in [0, 0.1) is 0 Å². The fourth-order valence-corrected chi connectivity index (χ4v) is 4.59. The van der Waals surface area contributed by atoms with Gasteiger partial charge in [0.2, 0.25) is 0 Å². The Morgan fingerprint density at radius 2 is 1.40 bits per heavy atom. The minimum atomic E-state index is -0.657. The summed E-state index contributed by atoms with van der Waals surface area (Å²) >= 11 is 3.44. The number of carbonyl (C=O) groups is 1. The van der Waals surface area contributed by atoms with Crippen molar-refractivity contribution < 1.29 is 14.3 Å². The van der Waals surface area contributed by atoms with Crippen molar-refractivity contribution in [1.82, 2.24) is 0 Å². The molecule has 5 heteroatoms. The van der Waals surface area contributed by atoms with Crippen molar-refractivity contribution in [3.8, 4) is 16.9 Å². The normalized spacial score (nSPS) is 11.9. The quantitative estimate of drug-likeness (QED) is 0.186. The Hall–Kier alpha value is -3.96. The van der Waals surface area contributed by atoms with Gasteiger partial charge < -0.3 is 9.52 Å². The first-order valence-electron chi connectivity index (χ1n) is 11.2. The molecule has 0 saturated carbocycles. The molecule has 172 valence electrons. The van der Waals surface area contributed by atoms with Gasteiger partial charge in [0.25, 0.3) is 0 Å². The zero-order valence-corrected chi connectivity index (χ0v) is 20.2. The molecule has 5 rings (SSSR count). The Labute approximate surface area is 210 Å². The Bertz CT molecular complexity index is 1550. The molecule has 0 unspecified atom stereocenters. The first-order valence-corrected chi connectivity index (χ1v) is 12.0. The zero-order chi connectivity index (χ0) is 24.4. The summed E-state index contributed by atoms with van der Waals surface area (Å²) in [6.07, 6.45) is 0.0122. The molecule has 0 amide bonds.